The van der Waals surface area contributed by atoms with Crippen molar-refractivity contribution in [2.75, 3.05) is 0 Å². The van der Waals surface area contributed by atoms with E-state index in [4.69, 9.17) is 4.74 Å². The summed E-state index contributed by atoms with van der Waals surface area (Å²) in [5, 5.41) is 20.0. The Bertz CT molecular complexity index is 1950. The number of aromatic nitrogens is 2. The average molecular weight is 595 g/mol. The van der Waals surface area contributed by atoms with E-state index in [2.05, 4.69) is 4.98 Å². The van der Waals surface area contributed by atoms with Crippen LogP contribution in [-0.2, 0) is 19.3 Å². The number of pyridine rings is 1. The first kappa shape index (κ1) is 28.5. The highest BCUT2D eigenvalue weighted by Gasteiger charge is 2.34. The third kappa shape index (κ3) is 5.72. The summed E-state index contributed by atoms with van der Waals surface area (Å²) >= 11 is 0. The maximum absolute atomic E-state index is 13.9. The SMILES string of the molecule is O=C(c1ccccc1)c1cnc2c(C(F)(F)F)cccc2c1-c1cccc(OCc2ccc(Cn3c(O)ccc3O)cc2)c1. The zero-order valence-electron chi connectivity index (χ0n) is 23.1. The van der Waals surface area contributed by atoms with Gasteiger partial charge in [0.25, 0.3) is 0 Å². The van der Waals surface area contributed by atoms with Crippen LogP contribution in [0.1, 0.15) is 32.6 Å². The molecule has 6 rings (SSSR count). The molecule has 44 heavy (non-hydrogen) atoms. The van der Waals surface area contributed by atoms with Gasteiger partial charge in [-0.3, -0.25) is 14.3 Å². The molecule has 0 radical (unpaired) electrons. The molecule has 0 amide bonds. The average Bonchev–Trinajstić information content (AvgIpc) is 3.35. The molecule has 0 fully saturated rings. The fourth-order valence-corrected chi connectivity index (χ4v) is 5.12. The Morgan fingerprint density at radius 3 is 2.18 bits per heavy atom. The molecule has 4 aromatic carbocycles. The van der Waals surface area contributed by atoms with Crippen molar-refractivity contribution < 1.29 is 32.9 Å². The van der Waals surface area contributed by atoms with E-state index in [9.17, 15) is 28.2 Å². The summed E-state index contributed by atoms with van der Waals surface area (Å²) in [6.45, 7) is 0.489. The molecule has 0 aliphatic carbocycles. The summed E-state index contributed by atoms with van der Waals surface area (Å²) in [6, 6.07) is 29.5. The van der Waals surface area contributed by atoms with Crippen LogP contribution in [0, 0.1) is 0 Å². The monoisotopic (exact) mass is 594 g/mol. The molecule has 0 atom stereocenters. The number of halogens is 3. The Morgan fingerprint density at radius 1 is 0.795 bits per heavy atom. The third-order valence-corrected chi connectivity index (χ3v) is 7.31. The van der Waals surface area contributed by atoms with Gasteiger partial charge in [-0.2, -0.15) is 13.2 Å². The summed E-state index contributed by atoms with van der Waals surface area (Å²) in [7, 11) is 0. The highest BCUT2D eigenvalue weighted by atomic mass is 19.4. The molecule has 220 valence electrons. The Morgan fingerprint density at radius 2 is 1.48 bits per heavy atom. The second-order valence-corrected chi connectivity index (χ2v) is 10.2. The van der Waals surface area contributed by atoms with Crippen molar-refractivity contribution in [2.45, 2.75) is 19.3 Å². The van der Waals surface area contributed by atoms with Gasteiger partial charge in [-0.15, -0.1) is 0 Å². The molecule has 0 bridgehead atoms. The minimum Gasteiger partial charge on any atom is -0.494 e. The lowest BCUT2D eigenvalue weighted by Gasteiger charge is -2.16. The first-order chi connectivity index (χ1) is 21.2. The van der Waals surface area contributed by atoms with E-state index in [1.807, 2.05) is 24.3 Å². The second kappa shape index (κ2) is 11.6. The molecule has 6 aromatic rings. The maximum Gasteiger partial charge on any atom is 0.418 e. The number of hydrogen-bond donors (Lipinski definition) is 2. The summed E-state index contributed by atoms with van der Waals surface area (Å²) in [5.74, 6) is 0.0178. The van der Waals surface area contributed by atoms with Gasteiger partial charge in [0.15, 0.2) is 17.5 Å². The smallest absolute Gasteiger partial charge is 0.418 e. The summed E-state index contributed by atoms with van der Waals surface area (Å²) in [4.78, 5) is 17.7. The van der Waals surface area contributed by atoms with Gasteiger partial charge in [-0.1, -0.05) is 78.9 Å². The van der Waals surface area contributed by atoms with E-state index in [0.717, 1.165) is 17.2 Å². The summed E-state index contributed by atoms with van der Waals surface area (Å²) < 4.78 is 49.1. The lowest BCUT2D eigenvalue weighted by atomic mass is 9.91. The van der Waals surface area contributed by atoms with Gasteiger partial charge in [-0.25, -0.2) is 0 Å². The molecule has 2 N–H and O–H groups in total. The minimum atomic E-state index is -4.63. The third-order valence-electron chi connectivity index (χ3n) is 7.31. The first-order valence-corrected chi connectivity index (χ1v) is 13.7. The van der Waals surface area contributed by atoms with Crippen LogP contribution in [0.2, 0.25) is 0 Å². The van der Waals surface area contributed by atoms with E-state index < -0.39 is 11.7 Å². The molecule has 0 aliphatic heterocycles. The molecule has 2 heterocycles. The second-order valence-electron chi connectivity index (χ2n) is 10.2. The van der Waals surface area contributed by atoms with E-state index >= 15 is 0 Å². The normalized spacial score (nSPS) is 11.5. The first-order valence-electron chi connectivity index (χ1n) is 13.7. The zero-order chi connectivity index (χ0) is 30.8. The Kier molecular flexibility index (Phi) is 7.53. The molecule has 9 heteroatoms. The number of nitrogens with zero attached hydrogens (tertiary/aromatic N) is 2. The number of aromatic hydroxyl groups is 2. The van der Waals surface area contributed by atoms with Crippen LogP contribution in [0.3, 0.4) is 0 Å². The molecule has 0 aliphatic rings. The molecule has 6 nitrogen and oxygen atoms in total. The number of hydrogen-bond acceptors (Lipinski definition) is 5. The van der Waals surface area contributed by atoms with Crippen molar-refractivity contribution >= 4 is 16.7 Å². The molecule has 0 saturated carbocycles. The quantitative estimate of drug-likeness (QED) is 0.175. The van der Waals surface area contributed by atoms with Crippen molar-refractivity contribution in [2.24, 2.45) is 0 Å². The Labute approximate surface area is 250 Å². The van der Waals surface area contributed by atoms with Crippen molar-refractivity contribution in [3.8, 4) is 28.6 Å². The molecule has 0 unspecified atom stereocenters. The van der Waals surface area contributed by atoms with Gasteiger partial charge in [-0.05, 0) is 34.9 Å². The molecule has 2 aromatic heterocycles. The lowest BCUT2D eigenvalue weighted by molar-refractivity contribution is -0.136. The summed E-state index contributed by atoms with van der Waals surface area (Å²) in [6.07, 6.45) is -3.41. The predicted octanol–water partition coefficient (Wildman–Crippen LogP) is 7.99. The molecular weight excluding hydrogens is 569 g/mol. The summed E-state index contributed by atoms with van der Waals surface area (Å²) in [5.41, 5.74) is 1.99. The number of benzene rings is 4. The van der Waals surface area contributed by atoms with Crippen LogP contribution >= 0.6 is 0 Å². The van der Waals surface area contributed by atoms with E-state index in [0.29, 0.717) is 22.4 Å². The highest BCUT2D eigenvalue weighted by Crippen LogP contribution is 2.39. The van der Waals surface area contributed by atoms with Crippen LogP contribution in [0.25, 0.3) is 22.0 Å². The van der Waals surface area contributed by atoms with Gasteiger partial charge in [0.2, 0.25) is 0 Å². The molecular formula is C35H25F3N2O4. The van der Waals surface area contributed by atoms with Crippen LogP contribution in [0.15, 0.2) is 115 Å². The van der Waals surface area contributed by atoms with Gasteiger partial charge in [0.05, 0.1) is 17.6 Å². The van der Waals surface area contributed by atoms with Crippen molar-refractivity contribution in [1.29, 1.82) is 0 Å². The molecule has 0 spiro atoms. The van der Waals surface area contributed by atoms with Crippen LogP contribution in [0.4, 0.5) is 13.2 Å². The number of ether oxygens (including phenoxy) is 1. The number of rotatable bonds is 8. The Balaban J connectivity index is 1.32. The van der Waals surface area contributed by atoms with Crippen molar-refractivity contribution in [3.05, 3.63) is 143 Å². The van der Waals surface area contributed by atoms with Crippen molar-refractivity contribution in [3.63, 3.8) is 0 Å². The number of carbonyl (C=O) groups is 1. The maximum atomic E-state index is 13.9. The standard InChI is InChI=1S/C35H25F3N2O4/c36-35(37,38)29-11-5-10-27-32(28(19-39-33(27)29)34(43)24-6-2-1-3-7-24)25-8-4-9-26(18-25)44-21-23-14-12-22(13-15-23)20-40-30(41)16-17-31(40)42/h1-19,41-42H,20-21H2. The fourth-order valence-electron chi connectivity index (χ4n) is 5.12. The van der Waals surface area contributed by atoms with Gasteiger partial charge >= 0.3 is 6.18 Å². The fraction of sp³-hybridized carbons (Fsp3) is 0.0857. The zero-order valence-corrected chi connectivity index (χ0v) is 23.1. The number of para-hydroxylation sites is 1. The molecule has 0 saturated heterocycles. The van der Waals surface area contributed by atoms with E-state index in [1.165, 1.54) is 35.0 Å². The van der Waals surface area contributed by atoms with Gasteiger partial charge < -0.3 is 14.9 Å². The number of alkyl halides is 3. The number of carbonyl (C=O) groups excluding carboxylic acids is 1. The number of fused-ring (bicyclic) bond motifs is 1. The predicted molar refractivity (Wildman–Crippen MR) is 160 cm³/mol. The lowest BCUT2D eigenvalue weighted by Crippen LogP contribution is -2.09. The van der Waals surface area contributed by atoms with E-state index in [1.54, 1.807) is 54.6 Å². The number of ketones is 1. The minimum absolute atomic E-state index is 0.0416. The van der Waals surface area contributed by atoms with Gasteiger partial charge in [0, 0.05) is 40.4 Å². The van der Waals surface area contributed by atoms with E-state index in [-0.39, 0.29) is 47.2 Å². The van der Waals surface area contributed by atoms with Gasteiger partial charge in [0.1, 0.15) is 12.4 Å². The van der Waals surface area contributed by atoms with Crippen LogP contribution in [-0.4, -0.2) is 25.5 Å². The highest BCUT2D eigenvalue weighted by molar-refractivity contribution is 6.16. The van der Waals surface area contributed by atoms with Crippen molar-refractivity contribution in [1.82, 2.24) is 9.55 Å². The topological polar surface area (TPSA) is 84.6 Å². The largest absolute Gasteiger partial charge is 0.494 e. The van der Waals surface area contributed by atoms with Crippen LogP contribution < -0.4 is 4.74 Å². The van der Waals surface area contributed by atoms with Crippen LogP contribution in [0.5, 0.6) is 17.5 Å². The Hall–Kier alpha value is -5.57.